The first-order valence-electron chi connectivity index (χ1n) is 7.36. The number of benzene rings is 1. The fourth-order valence-electron chi connectivity index (χ4n) is 2.22. The van der Waals surface area contributed by atoms with E-state index < -0.39 is 0 Å². The molecular formula is C16H26BrNO3. The molecular weight excluding hydrogens is 334 g/mol. The number of aliphatic hydroxyl groups excluding tert-OH is 1. The van der Waals surface area contributed by atoms with Gasteiger partial charge in [0.25, 0.3) is 0 Å². The van der Waals surface area contributed by atoms with Gasteiger partial charge >= 0.3 is 0 Å². The Hall–Kier alpha value is -0.780. The predicted molar refractivity (Wildman–Crippen MR) is 89.0 cm³/mol. The molecule has 0 bridgehead atoms. The van der Waals surface area contributed by atoms with Crippen molar-refractivity contribution in [2.45, 2.75) is 39.8 Å². The lowest BCUT2D eigenvalue weighted by atomic mass is 10.0. The first kappa shape index (κ1) is 18.3. The smallest absolute Gasteiger partial charge is 0.175 e. The minimum Gasteiger partial charge on any atom is -0.493 e. The van der Waals surface area contributed by atoms with Gasteiger partial charge in [-0.1, -0.05) is 13.8 Å². The lowest BCUT2D eigenvalue weighted by Gasteiger charge is -2.22. The van der Waals surface area contributed by atoms with Crippen LogP contribution in [0.3, 0.4) is 0 Å². The maximum absolute atomic E-state index is 9.12. The standard InChI is InChI=1S/C16H26BrNO3/c1-5-21-16-13(17)8-12(9-15(16)20-4)10-18-14(6-7-19)11(2)3/h8-9,11,14,18-19H,5-7,10H2,1-4H3. The Morgan fingerprint density at radius 2 is 2.05 bits per heavy atom. The van der Waals surface area contributed by atoms with Crippen LogP contribution in [0.1, 0.15) is 32.8 Å². The maximum Gasteiger partial charge on any atom is 0.175 e. The van der Waals surface area contributed by atoms with Gasteiger partial charge in [-0.3, -0.25) is 0 Å². The quantitative estimate of drug-likeness (QED) is 0.709. The van der Waals surface area contributed by atoms with Gasteiger partial charge < -0.3 is 19.9 Å². The lowest BCUT2D eigenvalue weighted by Crippen LogP contribution is -2.34. The molecule has 0 aliphatic rings. The summed E-state index contributed by atoms with van der Waals surface area (Å²) < 4.78 is 11.9. The summed E-state index contributed by atoms with van der Waals surface area (Å²) in [6, 6.07) is 4.32. The molecule has 0 saturated heterocycles. The molecule has 5 heteroatoms. The van der Waals surface area contributed by atoms with Crippen LogP contribution in [0.2, 0.25) is 0 Å². The third kappa shape index (κ3) is 5.49. The summed E-state index contributed by atoms with van der Waals surface area (Å²) >= 11 is 3.53. The molecule has 0 heterocycles. The number of hydrogen-bond donors (Lipinski definition) is 2. The second-order valence-corrected chi connectivity index (χ2v) is 6.14. The average molecular weight is 360 g/mol. The van der Waals surface area contributed by atoms with Crippen molar-refractivity contribution in [3.05, 3.63) is 22.2 Å². The molecule has 0 fully saturated rings. The van der Waals surface area contributed by atoms with E-state index in [1.54, 1.807) is 7.11 Å². The highest BCUT2D eigenvalue weighted by molar-refractivity contribution is 9.10. The van der Waals surface area contributed by atoms with Crippen LogP contribution in [0.15, 0.2) is 16.6 Å². The van der Waals surface area contributed by atoms with Gasteiger partial charge in [0.2, 0.25) is 0 Å². The molecule has 0 aliphatic heterocycles. The number of aliphatic hydroxyl groups is 1. The SMILES string of the molecule is CCOc1c(Br)cc(CNC(CCO)C(C)C)cc1OC. The topological polar surface area (TPSA) is 50.7 Å². The van der Waals surface area contributed by atoms with E-state index in [1.807, 2.05) is 19.1 Å². The number of nitrogens with one attached hydrogen (secondary N) is 1. The second-order valence-electron chi connectivity index (χ2n) is 5.29. The molecule has 0 aliphatic carbocycles. The average Bonchev–Trinajstić information content (AvgIpc) is 2.45. The van der Waals surface area contributed by atoms with E-state index in [0.717, 1.165) is 34.5 Å². The molecule has 1 aromatic carbocycles. The summed E-state index contributed by atoms with van der Waals surface area (Å²) in [5.41, 5.74) is 1.12. The Kier molecular flexibility index (Phi) is 8.07. The Morgan fingerprint density at radius 1 is 1.33 bits per heavy atom. The Labute approximate surface area is 136 Å². The number of methoxy groups -OCH3 is 1. The van der Waals surface area contributed by atoms with Crippen molar-refractivity contribution in [1.29, 1.82) is 0 Å². The molecule has 1 atom stereocenters. The lowest BCUT2D eigenvalue weighted by molar-refractivity contribution is 0.243. The van der Waals surface area contributed by atoms with E-state index >= 15 is 0 Å². The van der Waals surface area contributed by atoms with Crippen LogP contribution in [0.5, 0.6) is 11.5 Å². The van der Waals surface area contributed by atoms with E-state index in [2.05, 4.69) is 35.1 Å². The van der Waals surface area contributed by atoms with Crippen LogP contribution in [0.25, 0.3) is 0 Å². The van der Waals surface area contributed by atoms with Gasteiger partial charge in [0.15, 0.2) is 11.5 Å². The first-order chi connectivity index (χ1) is 10.0. The number of halogens is 1. The van der Waals surface area contributed by atoms with Crippen molar-refractivity contribution in [2.24, 2.45) is 5.92 Å². The van der Waals surface area contributed by atoms with Gasteiger partial charge in [0, 0.05) is 19.2 Å². The van der Waals surface area contributed by atoms with E-state index in [-0.39, 0.29) is 6.61 Å². The molecule has 21 heavy (non-hydrogen) atoms. The van der Waals surface area contributed by atoms with Crippen LogP contribution < -0.4 is 14.8 Å². The molecule has 0 saturated carbocycles. The van der Waals surface area contributed by atoms with Crippen LogP contribution in [-0.4, -0.2) is 31.5 Å². The molecule has 1 rings (SSSR count). The number of ether oxygens (including phenoxy) is 2. The van der Waals surface area contributed by atoms with Crippen LogP contribution in [0, 0.1) is 5.92 Å². The largest absolute Gasteiger partial charge is 0.493 e. The van der Waals surface area contributed by atoms with Crippen molar-refractivity contribution >= 4 is 15.9 Å². The third-order valence-electron chi connectivity index (χ3n) is 3.39. The fraction of sp³-hybridized carbons (Fsp3) is 0.625. The van der Waals surface area contributed by atoms with Crippen LogP contribution in [0.4, 0.5) is 0 Å². The van der Waals surface area contributed by atoms with Crippen molar-refractivity contribution < 1.29 is 14.6 Å². The molecule has 0 amide bonds. The Morgan fingerprint density at radius 3 is 2.57 bits per heavy atom. The van der Waals surface area contributed by atoms with Crippen LogP contribution in [-0.2, 0) is 6.54 Å². The van der Waals surface area contributed by atoms with Gasteiger partial charge in [0.05, 0.1) is 18.2 Å². The van der Waals surface area contributed by atoms with E-state index in [4.69, 9.17) is 14.6 Å². The second kappa shape index (κ2) is 9.28. The molecule has 120 valence electrons. The van der Waals surface area contributed by atoms with Crippen molar-refractivity contribution in [3.63, 3.8) is 0 Å². The summed E-state index contributed by atoms with van der Waals surface area (Å²) in [5.74, 6) is 1.94. The minimum atomic E-state index is 0.201. The molecule has 4 nitrogen and oxygen atoms in total. The molecule has 2 N–H and O–H groups in total. The molecule has 0 aromatic heterocycles. The number of hydrogen-bond acceptors (Lipinski definition) is 4. The summed E-state index contributed by atoms with van der Waals surface area (Å²) in [5, 5.41) is 12.6. The van der Waals surface area contributed by atoms with Gasteiger partial charge in [-0.25, -0.2) is 0 Å². The zero-order valence-corrected chi connectivity index (χ0v) is 14.9. The normalized spacial score (nSPS) is 12.5. The van der Waals surface area contributed by atoms with E-state index in [0.29, 0.717) is 18.6 Å². The van der Waals surface area contributed by atoms with E-state index in [1.165, 1.54) is 0 Å². The van der Waals surface area contributed by atoms with Gasteiger partial charge in [-0.15, -0.1) is 0 Å². The molecule has 0 spiro atoms. The highest BCUT2D eigenvalue weighted by Crippen LogP contribution is 2.36. The zero-order valence-electron chi connectivity index (χ0n) is 13.3. The molecule has 0 radical (unpaired) electrons. The van der Waals surface area contributed by atoms with Crippen molar-refractivity contribution in [1.82, 2.24) is 5.32 Å². The maximum atomic E-state index is 9.12. The zero-order chi connectivity index (χ0) is 15.8. The summed E-state index contributed by atoms with van der Waals surface area (Å²) in [7, 11) is 1.64. The van der Waals surface area contributed by atoms with Gasteiger partial charge in [-0.05, 0) is 52.9 Å². The Balaban J connectivity index is 2.82. The molecule has 1 unspecified atom stereocenters. The summed E-state index contributed by atoms with van der Waals surface area (Å²) in [6.45, 7) is 7.78. The fourth-order valence-corrected chi connectivity index (χ4v) is 2.82. The highest BCUT2D eigenvalue weighted by Gasteiger charge is 2.14. The Bertz CT molecular complexity index is 438. The van der Waals surface area contributed by atoms with Crippen LogP contribution >= 0.6 is 15.9 Å². The predicted octanol–water partition coefficient (Wildman–Crippen LogP) is 3.35. The van der Waals surface area contributed by atoms with Gasteiger partial charge in [0.1, 0.15) is 0 Å². The summed E-state index contributed by atoms with van der Waals surface area (Å²) in [6.07, 6.45) is 0.757. The highest BCUT2D eigenvalue weighted by atomic mass is 79.9. The third-order valence-corrected chi connectivity index (χ3v) is 3.98. The van der Waals surface area contributed by atoms with Gasteiger partial charge in [-0.2, -0.15) is 0 Å². The molecule has 1 aromatic rings. The minimum absolute atomic E-state index is 0.201. The monoisotopic (exact) mass is 359 g/mol. The van der Waals surface area contributed by atoms with E-state index in [9.17, 15) is 0 Å². The van der Waals surface area contributed by atoms with Crippen molar-refractivity contribution in [3.8, 4) is 11.5 Å². The number of rotatable bonds is 9. The summed E-state index contributed by atoms with van der Waals surface area (Å²) in [4.78, 5) is 0. The first-order valence-corrected chi connectivity index (χ1v) is 8.16. The van der Waals surface area contributed by atoms with Crippen molar-refractivity contribution in [2.75, 3.05) is 20.3 Å².